The molecule has 0 amide bonds. The van der Waals surface area contributed by atoms with Crippen molar-refractivity contribution in [2.75, 3.05) is 0 Å². The first-order valence-corrected chi connectivity index (χ1v) is 9.21. The number of carbonyl (C=O) groups excluding carboxylic acids is 1. The van der Waals surface area contributed by atoms with Crippen molar-refractivity contribution >= 4 is 16.7 Å². The molecular formula is C26H19FeNO+2. The first-order valence-electron chi connectivity index (χ1n) is 9.21. The summed E-state index contributed by atoms with van der Waals surface area (Å²) in [6.45, 7) is 0. The van der Waals surface area contributed by atoms with Gasteiger partial charge in [-0.2, -0.15) is 0 Å². The predicted octanol–water partition coefficient (Wildman–Crippen LogP) is 5.24. The van der Waals surface area contributed by atoms with Crippen LogP contribution in [0.4, 0.5) is 0 Å². The Balaban J connectivity index is 0.000000352. The van der Waals surface area contributed by atoms with Crippen LogP contribution in [0.3, 0.4) is 0 Å². The molecule has 3 heteroatoms. The number of rotatable bonds is 3. The van der Waals surface area contributed by atoms with Gasteiger partial charge in [0.25, 0.3) is 0 Å². The van der Waals surface area contributed by atoms with Gasteiger partial charge in [-0.1, -0.05) is 48.5 Å². The quantitative estimate of drug-likeness (QED) is 0.431. The number of nitrogens with zero attached hydrogens (tertiary/aromatic N) is 1. The van der Waals surface area contributed by atoms with Crippen LogP contribution < -0.4 is 0 Å². The summed E-state index contributed by atoms with van der Waals surface area (Å²) in [5.74, 6) is 1.12. The van der Waals surface area contributed by atoms with Gasteiger partial charge in [0.2, 0.25) is 0 Å². The van der Waals surface area contributed by atoms with Crippen LogP contribution in [0, 0.1) is 63.7 Å². The molecule has 1 heterocycles. The van der Waals surface area contributed by atoms with Crippen LogP contribution in [0.2, 0.25) is 0 Å². The molecule has 2 aliphatic rings. The summed E-state index contributed by atoms with van der Waals surface area (Å²) in [5, 5.41) is 0.886. The van der Waals surface area contributed by atoms with E-state index in [9.17, 15) is 4.79 Å². The van der Waals surface area contributed by atoms with Gasteiger partial charge in [-0.05, 0) is 69.9 Å². The predicted molar refractivity (Wildman–Crippen MR) is 113 cm³/mol. The fourth-order valence-electron chi connectivity index (χ4n) is 3.12. The molecule has 2 aliphatic carbocycles. The summed E-state index contributed by atoms with van der Waals surface area (Å²) in [6, 6.07) is 19.0. The molecule has 140 valence electrons. The van der Waals surface area contributed by atoms with E-state index in [1.165, 1.54) is 0 Å². The Kier molecular flexibility index (Phi) is 8.03. The molecule has 0 unspecified atom stereocenters. The number of hydrogen-bond acceptors (Lipinski definition) is 2. The zero-order valence-electron chi connectivity index (χ0n) is 15.7. The number of fused-ring (bicyclic) bond motifs is 1. The maximum atomic E-state index is 12.7. The van der Waals surface area contributed by atoms with E-state index in [2.05, 4.69) is 0 Å². The van der Waals surface area contributed by atoms with Gasteiger partial charge in [0.15, 0.2) is 5.78 Å². The van der Waals surface area contributed by atoms with Crippen molar-refractivity contribution in [1.82, 2.24) is 4.98 Å². The zero-order valence-corrected chi connectivity index (χ0v) is 16.8. The molecular weight excluding hydrogens is 398 g/mol. The van der Waals surface area contributed by atoms with Gasteiger partial charge >= 0.3 is 17.1 Å². The van der Waals surface area contributed by atoms with E-state index in [4.69, 9.17) is 4.98 Å². The van der Waals surface area contributed by atoms with E-state index < -0.39 is 0 Å². The normalized spacial score (nSPS) is 16.1. The van der Waals surface area contributed by atoms with Gasteiger partial charge in [-0.25, -0.2) is 0 Å². The minimum absolute atomic E-state index is 0. The minimum Gasteiger partial charge on any atom is -0.289 e. The van der Waals surface area contributed by atoms with Gasteiger partial charge in [0.05, 0.1) is 5.52 Å². The van der Waals surface area contributed by atoms with E-state index in [-0.39, 0.29) is 22.9 Å². The number of ketones is 1. The maximum Gasteiger partial charge on any atom is 2.00 e. The molecule has 0 bridgehead atoms. The molecule has 2 saturated carbocycles. The summed E-state index contributed by atoms with van der Waals surface area (Å²) in [5.41, 5.74) is 3.15. The molecule has 3 aromatic rings. The van der Waals surface area contributed by atoms with Crippen molar-refractivity contribution in [3.63, 3.8) is 0 Å². The van der Waals surface area contributed by atoms with Crippen molar-refractivity contribution in [1.29, 1.82) is 0 Å². The fourth-order valence-corrected chi connectivity index (χ4v) is 3.12. The number of hydrogen-bond donors (Lipinski definition) is 0. The van der Waals surface area contributed by atoms with Crippen LogP contribution in [0.5, 0.6) is 0 Å². The third kappa shape index (κ3) is 5.35. The monoisotopic (exact) mass is 417 g/mol. The van der Waals surface area contributed by atoms with Gasteiger partial charge in [-0.3, -0.25) is 9.78 Å². The number of benzene rings is 2. The van der Waals surface area contributed by atoms with Crippen LogP contribution in [0.1, 0.15) is 21.6 Å². The Labute approximate surface area is 184 Å². The first kappa shape index (κ1) is 21.7. The largest absolute Gasteiger partial charge is 2.00 e. The second-order valence-electron chi connectivity index (χ2n) is 6.40. The van der Waals surface area contributed by atoms with Crippen molar-refractivity contribution in [3.05, 3.63) is 141 Å². The Morgan fingerprint density at radius 3 is 1.97 bits per heavy atom. The smallest absolute Gasteiger partial charge is 0.289 e. The van der Waals surface area contributed by atoms with Crippen molar-refractivity contribution < 1.29 is 21.9 Å². The van der Waals surface area contributed by atoms with E-state index >= 15 is 0 Å². The SMILES string of the molecule is O=C(c1ccccc1)c1cccc2nc([C]3[CH][CH][CH][CH]3)ccc12.[CH]1[CH][CH][CH][CH]1.[Fe+2]. The molecule has 0 spiro atoms. The second kappa shape index (κ2) is 10.7. The van der Waals surface area contributed by atoms with E-state index in [1.807, 2.05) is 118 Å². The summed E-state index contributed by atoms with van der Waals surface area (Å²) >= 11 is 0. The van der Waals surface area contributed by atoms with Gasteiger partial charge < -0.3 is 0 Å². The van der Waals surface area contributed by atoms with Crippen molar-refractivity contribution in [2.24, 2.45) is 0 Å². The Morgan fingerprint density at radius 2 is 1.31 bits per heavy atom. The van der Waals surface area contributed by atoms with Gasteiger partial charge in [0, 0.05) is 28.1 Å². The molecule has 0 N–H and O–H groups in total. The third-order valence-corrected chi connectivity index (χ3v) is 4.53. The molecule has 0 atom stereocenters. The van der Waals surface area contributed by atoms with E-state index in [0.29, 0.717) is 11.1 Å². The summed E-state index contributed by atoms with van der Waals surface area (Å²) < 4.78 is 0. The average molecular weight is 417 g/mol. The molecule has 5 rings (SSSR count). The van der Waals surface area contributed by atoms with Gasteiger partial charge in [-0.15, -0.1) is 0 Å². The third-order valence-electron chi connectivity index (χ3n) is 4.53. The number of carbonyl (C=O) groups is 1. The topological polar surface area (TPSA) is 30.0 Å². The van der Waals surface area contributed by atoms with Crippen LogP contribution >= 0.6 is 0 Å². The van der Waals surface area contributed by atoms with Crippen LogP contribution in [0.15, 0.2) is 60.7 Å². The molecule has 0 aliphatic heterocycles. The van der Waals surface area contributed by atoms with Crippen molar-refractivity contribution in [3.8, 4) is 0 Å². The molecule has 2 nitrogen and oxygen atoms in total. The number of pyridine rings is 1. The standard InChI is InChI=1S/C21H14NO.C5H5.Fe/c23-21(16-9-2-1-3-10-16)18-11-6-12-20-17(18)13-14-19(22-20)15-7-4-5-8-15;1-2-4-5-3-1;/h1-14H;1-5H;/q;;+2. The average Bonchev–Trinajstić information content (AvgIpc) is 3.50. The fraction of sp³-hybridized carbons (Fsp3) is 0. The molecule has 2 fully saturated rings. The van der Waals surface area contributed by atoms with Crippen molar-refractivity contribution in [2.45, 2.75) is 0 Å². The van der Waals surface area contributed by atoms with E-state index in [0.717, 1.165) is 22.5 Å². The Hall–Kier alpha value is -1.96. The molecule has 10 radical (unpaired) electrons. The summed E-state index contributed by atoms with van der Waals surface area (Å²) in [7, 11) is 0. The summed E-state index contributed by atoms with van der Waals surface area (Å²) in [4.78, 5) is 17.4. The van der Waals surface area contributed by atoms with Crippen LogP contribution in [-0.2, 0) is 17.1 Å². The van der Waals surface area contributed by atoms with Gasteiger partial charge in [0.1, 0.15) is 0 Å². The summed E-state index contributed by atoms with van der Waals surface area (Å²) in [6.07, 6.45) is 18.1. The zero-order chi connectivity index (χ0) is 19.2. The molecule has 1 aromatic heterocycles. The van der Waals surface area contributed by atoms with Crippen LogP contribution in [-0.4, -0.2) is 10.8 Å². The minimum atomic E-state index is 0. The number of aromatic nitrogens is 1. The Bertz CT molecular complexity index is 920. The molecule has 2 aromatic carbocycles. The van der Waals surface area contributed by atoms with Crippen LogP contribution in [0.25, 0.3) is 10.9 Å². The Morgan fingerprint density at radius 1 is 0.655 bits per heavy atom. The van der Waals surface area contributed by atoms with E-state index in [1.54, 1.807) is 0 Å². The molecule has 0 saturated heterocycles. The molecule has 29 heavy (non-hydrogen) atoms. The second-order valence-corrected chi connectivity index (χ2v) is 6.40. The maximum absolute atomic E-state index is 12.7. The first-order chi connectivity index (χ1) is 13.8.